The van der Waals surface area contributed by atoms with E-state index in [1.807, 2.05) is 0 Å². The molecule has 20 heavy (non-hydrogen) atoms. The van der Waals surface area contributed by atoms with Crippen LogP contribution in [0.3, 0.4) is 0 Å². The average molecular weight is 293 g/mol. The zero-order valence-corrected chi connectivity index (χ0v) is 11.5. The lowest BCUT2D eigenvalue weighted by molar-refractivity contribution is 0.582. The molecule has 1 heterocycles. The van der Waals surface area contributed by atoms with E-state index < -0.39 is 22.9 Å². The summed E-state index contributed by atoms with van der Waals surface area (Å²) in [6.45, 7) is 1.68. The van der Waals surface area contributed by atoms with Crippen LogP contribution in [-0.4, -0.2) is 9.13 Å². The lowest BCUT2D eigenvalue weighted by atomic mass is 10.2. The van der Waals surface area contributed by atoms with Gasteiger partial charge in [-0.05, 0) is 19.1 Å². The first-order valence-corrected chi connectivity index (χ1v) is 5.97. The van der Waals surface area contributed by atoms with E-state index in [9.17, 15) is 13.6 Å². The van der Waals surface area contributed by atoms with Gasteiger partial charge in [0.1, 0.15) is 22.3 Å². The summed E-state index contributed by atoms with van der Waals surface area (Å²) in [6.07, 6.45) is 0. The summed E-state index contributed by atoms with van der Waals surface area (Å²) in [7, 11) is 1.50. The first-order valence-electron chi connectivity index (χ1n) is 5.56. The van der Waals surface area contributed by atoms with E-state index in [-0.39, 0.29) is 10.3 Å². The number of nitrogens with zero attached hydrogens (tertiary/aromatic N) is 3. The van der Waals surface area contributed by atoms with Gasteiger partial charge >= 0.3 is 5.69 Å². The van der Waals surface area contributed by atoms with Gasteiger partial charge in [0, 0.05) is 18.8 Å². The van der Waals surface area contributed by atoms with Gasteiger partial charge in [-0.15, -0.1) is 0 Å². The Balaban J connectivity index is 2.87. The molecular weight excluding hydrogens is 284 g/mol. The molecule has 0 N–H and O–H groups in total. The number of halogens is 2. The summed E-state index contributed by atoms with van der Waals surface area (Å²) < 4.78 is 29.8. The third kappa shape index (κ3) is 2.14. The molecule has 0 saturated carbocycles. The predicted molar refractivity (Wildman–Crippen MR) is 71.2 cm³/mol. The van der Waals surface area contributed by atoms with E-state index >= 15 is 0 Å². The summed E-state index contributed by atoms with van der Waals surface area (Å²) in [5, 5.41) is 8.64. The molecule has 0 amide bonds. The number of hydrogen-bond donors (Lipinski definition) is 0. The quantitative estimate of drug-likeness (QED) is 0.758. The molecule has 0 unspecified atom stereocenters. The fourth-order valence-corrected chi connectivity index (χ4v) is 2.10. The van der Waals surface area contributed by atoms with Crippen molar-refractivity contribution in [2.24, 2.45) is 7.05 Å². The maximum Gasteiger partial charge on any atom is 0.333 e. The van der Waals surface area contributed by atoms with Crippen molar-refractivity contribution in [1.82, 2.24) is 9.13 Å². The summed E-state index contributed by atoms with van der Waals surface area (Å²) in [6, 6.07) is 4.57. The number of hydrogen-bond acceptors (Lipinski definition) is 3. The van der Waals surface area contributed by atoms with Crippen LogP contribution in [0.15, 0.2) is 23.0 Å². The minimum atomic E-state index is -0.909. The lowest BCUT2D eigenvalue weighted by Crippen LogP contribution is -2.30. The highest BCUT2D eigenvalue weighted by Crippen LogP contribution is 2.17. The zero-order chi connectivity index (χ0) is 15.0. The van der Waals surface area contributed by atoms with Gasteiger partial charge in [-0.2, -0.15) is 5.26 Å². The van der Waals surface area contributed by atoms with Gasteiger partial charge in [-0.1, -0.05) is 12.2 Å². The Morgan fingerprint density at radius 3 is 2.50 bits per heavy atom. The number of nitriles is 1. The molecule has 0 saturated heterocycles. The van der Waals surface area contributed by atoms with Crippen LogP contribution in [0.25, 0.3) is 5.69 Å². The molecule has 1 aromatic carbocycles. The Hall–Kier alpha value is -2.33. The Morgan fingerprint density at radius 2 is 1.90 bits per heavy atom. The Morgan fingerprint density at radius 1 is 1.25 bits per heavy atom. The topological polar surface area (TPSA) is 50.7 Å². The second-order valence-corrected chi connectivity index (χ2v) is 4.61. The highest BCUT2D eigenvalue weighted by molar-refractivity contribution is 7.71. The normalized spacial score (nSPS) is 10.3. The lowest BCUT2D eigenvalue weighted by Gasteiger charge is -2.11. The molecule has 0 aliphatic heterocycles. The smallest absolute Gasteiger partial charge is 0.301 e. The van der Waals surface area contributed by atoms with Crippen LogP contribution in [-0.2, 0) is 7.05 Å². The van der Waals surface area contributed by atoms with Crippen molar-refractivity contribution in [2.75, 3.05) is 0 Å². The SMILES string of the molecule is Cc1cc(=S)n(-c2cc(F)c(C#N)cc2F)c(=O)n1C. The zero-order valence-electron chi connectivity index (χ0n) is 10.6. The second kappa shape index (κ2) is 4.98. The minimum absolute atomic E-state index is 0.0635. The summed E-state index contributed by atoms with van der Waals surface area (Å²) in [5.41, 5.74) is -0.724. The fraction of sp³-hybridized carbons (Fsp3) is 0.154. The molecule has 2 rings (SSSR count). The van der Waals surface area contributed by atoms with E-state index in [2.05, 4.69) is 0 Å². The van der Waals surface area contributed by atoms with Crippen molar-refractivity contribution >= 4 is 12.2 Å². The van der Waals surface area contributed by atoms with Crippen molar-refractivity contribution in [3.63, 3.8) is 0 Å². The van der Waals surface area contributed by atoms with Crippen molar-refractivity contribution in [3.8, 4) is 11.8 Å². The molecule has 102 valence electrons. The van der Waals surface area contributed by atoms with E-state index in [0.717, 1.165) is 16.7 Å². The van der Waals surface area contributed by atoms with Crippen molar-refractivity contribution in [2.45, 2.75) is 6.92 Å². The van der Waals surface area contributed by atoms with Crippen molar-refractivity contribution < 1.29 is 8.78 Å². The molecule has 0 radical (unpaired) electrons. The molecule has 0 bridgehead atoms. The van der Waals surface area contributed by atoms with Gasteiger partial charge in [0.2, 0.25) is 0 Å². The Bertz CT molecular complexity index is 862. The molecule has 2 aromatic rings. The predicted octanol–water partition coefficient (Wildman–Crippen LogP) is 2.36. The van der Waals surface area contributed by atoms with Crippen LogP contribution >= 0.6 is 12.2 Å². The highest BCUT2D eigenvalue weighted by atomic mass is 32.1. The van der Waals surface area contributed by atoms with Gasteiger partial charge in [0.25, 0.3) is 0 Å². The molecular formula is C13H9F2N3OS. The number of aryl methyl sites for hydroxylation is 1. The van der Waals surface area contributed by atoms with Gasteiger partial charge in [-0.3, -0.25) is 0 Å². The first kappa shape index (κ1) is 14.1. The monoisotopic (exact) mass is 293 g/mol. The molecule has 0 aliphatic carbocycles. The molecule has 4 nitrogen and oxygen atoms in total. The number of aromatic nitrogens is 2. The highest BCUT2D eigenvalue weighted by Gasteiger charge is 2.14. The Labute approximate surface area is 118 Å². The molecule has 0 aliphatic rings. The first-order chi connectivity index (χ1) is 9.36. The van der Waals surface area contributed by atoms with Crippen molar-refractivity contribution in [1.29, 1.82) is 5.26 Å². The second-order valence-electron chi connectivity index (χ2n) is 4.20. The maximum absolute atomic E-state index is 14.0. The average Bonchev–Trinajstić information content (AvgIpc) is 2.39. The Kier molecular flexibility index (Phi) is 3.51. The summed E-state index contributed by atoms with van der Waals surface area (Å²) in [5.74, 6) is -1.80. The third-order valence-corrected chi connectivity index (χ3v) is 3.26. The molecule has 0 spiro atoms. The maximum atomic E-state index is 14.0. The van der Waals surface area contributed by atoms with E-state index in [0.29, 0.717) is 5.69 Å². The van der Waals surface area contributed by atoms with Crippen molar-refractivity contribution in [3.05, 3.63) is 56.2 Å². The van der Waals surface area contributed by atoms with E-state index in [4.69, 9.17) is 17.5 Å². The van der Waals surface area contributed by atoms with Gasteiger partial charge < -0.3 is 4.57 Å². The van der Waals surface area contributed by atoms with Crippen LogP contribution in [0.2, 0.25) is 0 Å². The fourth-order valence-electron chi connectivity index (χ4n) is 1.75. The van der Waals surface area contributed by atoms with Gasteiger partial charge in [0.15, 0.2) is 0 Å². The van der Waals surface area contributed by atoms with Crippen LogP contribution in [0.5, 0.6) is 0 Å². The van der Waals surface area contributed by atoms with E-state index in [1.165, 1.54) is 23.8 Å². The molecule has 0 fully saturated rings. The largest absolute Gasteiger partial charge is 0.333 e. The summed E-state index contributed by atoms with van der Waals surface area (Å²) in [4.78, 5) is 12.1. The molecule has 1 aromatic heterocycles. The third-order valence-electron chi connectivity index (χ3n) is 2.96. The summed E-state index contributed by atoms with van der Waals surface area (Å²) >= 11 is 5.03. The minimum Gasteiger partial charge on any atom is -0.301 e. The van der Waals surface area contributed by atoms with Gasteiger partial charge in [-0.25, -0.2) is 18.1 Å². The van der Waals surface area contributed by atoms with E-state index in [1.54, 1.807) is 6.92 Å². The van der Waals surface area contributed by atoms with Crippen LogP contribution < -0.4 is 5.69 Å². The molecule has 7 heteroatoms. The van der Waals surface area contributed by atoms with Crippen LogP contribution in [0.1, 0.15) is 11.3 Å². The molecule has 0 atom stereocenters. The standard InChI is InChI=1S/C13H9F2N3OS/c1-7-3-12(20)18(13(19)17(7)2)11-5-9(14)8(6-16)4-10(11)15/h3-5H,1-2H3. The van der Waals surface area contributed by atoms with Gasteiger partial charge in [0.05, 0.1) is 11.3 Å². The number of benzene rings is 1. The number of rotatable bonds is 1. The van der Waals surface area contributed by atoms with Crippen LogP contribution in [0, 0.1) is 34.5 Å². The van der Waals surface area contributed by atoms with Crippen LogP contribution in [0.4, 0.5) is 8.78 Å².